The third-order valence-electron chi connectivity index (χ3n) is 10.7. The summed E-state index contributed by atoms with van der Waals surface area (Å²) < 4.78 is 0.638. The van der Waals surface area contributed by atoms with Crippen LogP contribution in [0.1, 0.15) is 110 Å². The molecule has 5 aromatic rings. The molecule has 2 unspecified atom stereocenters. The molecule has 0 saturated carbocycles. The van der Waals surface area contributed by atoms with E-state index in [-0.39, 0.29) is 10.8 Å². The second-order valence-corrected chi connectivity index (χ2v) is 31.8. The summed E-state index contributed by atoms with van der Waals surface area (Å²) in [6.45, 7) is 21.9. The van der Waals surface area contributed by atoms with E-state index in [9.17, 15) is 0 Å². The number of hydrogen-bond acceptors (Lipinski definition) is 0. The quantitative estimate of drug-likeness (QED) is 0.146. The van der Waals surface area contributed by atoms with E-state index in [2.05, 4.69) is 171 Å². The van der Waals surface area contributed by atoms with E-state index in [4.69, 9.17) is 0 Å². The summed E-state index contributed by atoms with van der Waals surface area (Å²) in [5.41, 5.74) is 20.8. The minimum absolute atomic E-state index is 0.0644. The summed E-state index contributed by atoms with van der Waals surface area (Å²) >= 11 is -0.655. The predicted octanol–water partition coefficient (Wildman–Crippen LogP) is 13.1. The van der Waals surface area contributed by atoms with Crippen molar-refractivity contribution in [3.05, 3.63) is 148 Å². The van der Waals surface area contributed by atoms with Gasteiger partial charge in [0.25, 0.3) is 0 Å². The Morgan fingerprint density at radius 1 is 0.592 bits per heavy atom. The van der Waals surface area contributed by atoms with Crippen LogP contribution in [0.2, 0.25) is 13.1 Å². The molecular weight excluding hydrogens is 684 g/mol. The maximum atomic E-state index is 2.66. The van der Waals surface area contributed by atoms with Gasteiger partial charge in [-0.25, -0.2) is 0 Å². The van der Waals surface area contributed by atoms with Gasteiger partial charge in [0.05, 0.1) is 0 Å². The third kappa shape index (κ3) is 6.50. The van der Waals surface area contributed by atoms with Crippen LogP contribution < -0.4 is 0 Å². The molecule has 0 heterocycles. The Balaban J connectivity index is 1.43. The van der Waals surface area contributed by atoms with Crippen LogP contribution in [0, 0.1) is 0 Å². The Morgan fingerprint density at radius 3 is 1.90 bits per heavy atom. The van der Waals surface area contributed by atoms with Crippen LogP contribution in [0.15, 0.2) is 109 Å². The number of allylic oxidation sites excluding steroid dienone is 1. The van der Waals surface area contributed by atoms with Crippen molar-refractivity contribution in [2.24, 2.45) is 0 Å². The van der Waals surface area contributed by atoms with Crippen molar-refractivity contribution in [2.45, 2.75) is 94.8 Å². The van der Waals surface area contributed by atoms with Crippen molar-refractivity contribution < 1.29 is 22.4 Å². The van der Waals surface area contributed by atoms with E-state index in [1.54, 1.807) is 27.8 Å². The summed E-state index contributed by atoms with van der Waals surface area (Å²) in [7, 11) is 0. The first-order chi connectivity index (χ1) is 23.3. The van der Waals surface area contributed by atoms with Gasteiger partial charge in [0.15, 0.2) is 0 Å². The summed E-state index contributed by atoms with van der Waals surface area (Å²) in [6, 6.07) is 39.9. The van der Waals surface area contributed by atoms with Crippen molar-refractivity contribution in [1.29, 1.82) is 0 Å². The van der Waals surface area contributed by atoms with Crippen molar-refractivity contribution in [3.63, 3.8) is 0 Å². The Bertz CT molecular complexity index is 2030. The van der Waals surface area contributed by atoms with Crippen LogP contribution in [-0.2, 0) is 33.2 Å². The molecule has 0 N–H and O–H groups in total. The van der Waals surface area contributed by atoms with E-state index in [0.29, 0.717) is 9.54 Å². The number of benzene rings is 5. The van der Waals surface area contributed by atoms with Crippen LogP contribution >= 0.6 is 0 Å². The van der Waals surface area contributed by atoms with Crippen LogP contribution in [0.25, 0.3) is 39.5 Å². The molecule has 2 aliphatic carbocycles. The Labute approximate surface area is 308 Å². The average Bonchev–Trinajstić information content (AvgIpc) is 3.59. The molecule has 0 bridgehead atoms. The molecule has 7 rings (SSSR count). The third-order valence-corrected chi connectivity index (χ3v) is 20.5. The fourth-order valence-electron chi connectivity index (χ4n) is 8.12. The first-order valence-corrected chi connectivity index (χ1v) is 27.0. The Hall–Kier alpha value is -3.06. The van der Waals surface area contributed by atoms with Gasteiger partial charge in [-0.3, -0.25) is 0 Å². The molecular formula is C47H52SiZr. The predicted molar refractivity (Wildman–Crippen MR) is 212 cm³/mol. The molecule has 248 valence electrons. The molecule has 2 atom stereocenters. The van der Waals surface area contributed by atoms with E-state index in [1.807, 2.05) is 0 Å². The molecule has 0 aliphatic heterocycles. The van der Waals surface area contributed by atoms with Gasteiger partial charge >= 0.3 is 280 Å². The van der Waals surface area contributed by atoms with Crippen LogP contribution in [0.4, 0.5) is 0 Å². The molecule has 0 aromatic heterocycles. The van der Waals surface area contributed by atoms with Gasteiger partial charge in [-0.1, -0.05) is 30.3 Å². The van der Waals surface area contributed by atoms with Crippen LogP contribution in [-0.4, -0.2) is 5.92 Å². The van der Waals surface area contributed by atoms with E-state index >= 15 is 0 Å². The van der Waals surface area contributed by atoms with E-state index < -0.39 is 28.3 Å². The van der Waals surface area contributed by atoms with Gasteiger partial charge in [0.2, 0.25) is 0 Å². The van der Waals surface area contributed by atoms with Crippen molar-refractivity contribution in [3.8, 4) is 33.4 Å². The van der Waals surface area contributed by atoms with Crippen molar-refractivity contribution in [1.82, 2.24) is 0 Å². The molecule has 2 heteroatoms. The van der Waals surface area contributed by atoms with E-state index in [0.717, 1.165) is 12.8 Å². The molecule has 49 heavy (non-hydrogen) atoms. The summed E-state index contributed by atoms with van der Waals surface area (Å²) in [6.07, 6.45) is 4.88. The normalized spacial score (nSPS) is 16.7. The molecule has 0 spiro atoms. The van der Waals surface area contributed by atoms with Gasteiger partial charge in [0, 0.05) is 0 Å². The first-order valence-electron chi connectivity index (χ1n) is 18.4. The maximum absolute atomic E-state index is 2.66. The molecule has 0 fully saturated rings. The minimum atomic E-state index is -0.705. The topological polar surface area (TPSA) is 0 Å². The average molecular weight is 736 g/mol. The SMILES string of the molecule is CCCC1=Cc2c(-c3ccc(-c4ccccc4)cc3)cccc2C1c1cc(C(C)(C)C)cc2c1[CH]([Zr][SiH](C)C)c1ccc(C(C)(C)C)cc1-2. The van der Waals surface area contributed by atoms with Crippen molar-refractivity contribution >= 4 is 12.0 Å². The van der Waals surface area contributed by atoms with Gasteiger partial charge < -0.3 is 0 Å². The summed E-state index contributed by atoms with van der Waals surface area (Å²) in [5, 5.41) is 0. The van der Waals surface area contributed by atoms with Gasteiger partial charge in [0.1, 0.15) is 0 Å². The summed E-state index contributed by atoms with van der Waals surface area (Å²) in [5.74, 6) is -0.398. The zero-order valence-corrected chi connectivity index (χ0v) is 34.7. The zero-order valence-electron chi connectivity index (χ0n) is 31.0. The number of hydrogen-bond donors (Lipinski definition) is 0. The first kappa shape index (κ1) is 34.4. The zero-order chi connectivity index (χ0) is 34.7. The fourth-order valence-corrected chi connectivity index (χ4v) is 18.0. The second kappa shape index (κ2) is 13.2. The summed E-state index contributed by atoms with van der Waals surface area (Å²) in [4.78, 5) is 0. The number of fused-ring (bicyclic) bond motifs is 4. The van der Waals surface area contributed by atoms with Gasteiger partial charge in [-0.2, -0.15) is 0 Å². The standard InChI is InChI=1S/C45H45.C2H7Si.Zr/c1-8-13-33-25-39-36(31-20-18-30(19-21-31)29-14-10-9-11-15-29)16-12-17-37(39)43(33)42-28-35(45(5,6)7)27-41-38-26-34(44(2,3)4)23-22-32(38)24-40(41)42;1-3-2;/h9-12,14-28,43H,8,13H2,1-7H3;3H,1-2H3;. The molecule has 5 aromatic carbocycles. The van der Waals surface area contributed by atoms with Crippen LogP contribution in [0.3, 0.4) is 0 Å². The number of rotatable bonds is 7. The monoisotopic (exact) mass is 734 g/mol. The van der Waals surface area contributed by atoms with Crippen LogP contribution in [0.5, 0.6) is 0 Å². The second-order valence-electron chi connectivity index (χ2n) is 16.7. The molecule has 2 aliphatic rings. The molecule has 0 nitrogen and oxygen atoms in total. The fraction of sp³-hybridized carbons (Fsp3) is 0.319. The molecule has 0 radical (unpaired) electrons. The Kier molecular flexibility index (Phi) is 9.30. The van der Waals surface area contributed by atoms with Gasteiger partial charge in [-0.05, 0) is 0 Å². The molecule has 0 amide bonds. The van der Waals surface area contributed by atoms with Crippen molar-refractivity contribution in [2.75, 3.05) is 0 Å². The Morgan fingerprint density at radius 2 is 1.24 bits per heavy atom. The van der Waals surface area contributed by atoms with E-state index in [1.165, 1.54) is 50.1 Å². The molecule has 0 saturated heterocycles. The van der Waals surface area contributed by atoms with Gasteiger partial charge in [-0.15, -0.1) is 0 Å².